The van der Waals surface area contributed by atoms with Crippen LogP contribution in [-0.4, -0.2) is 18.9 Å². The Balaban J connectivity index is 1.21. The molecular weight excluding hydrogens is 585 g/mol. The average Bonchev–Trinajstić information content (AvgIpc) is 3.80. The quantitative estimate of drug-likeness (QED) is 0.199. The zero-order valence-electron chi connectivity index (χ0n) is 25.8. The molecule has 0 amide bonds. The van der Waals surface area contributed by atoms with Gasteiger partial charge in [-0.25, -0.2) is 9.97 Å². The first-order valence-corrected chi connectivity index (χ1v) is 16.4. The highest BCUT2D eigenvalue weighted by atomic mass is 15.2. The lowest BCUT2D eigenvalue weighted by atomic mass is 10.0. The Morgan fingerprint density at radius 3 is 1.81 bits per heavy atom. The predicted molar refractivity (Wildman–Crippen MR) is 199 cm³/mol. The van der Waals surface area contributed by atoms with Gasteiger partial charge in [0.2, 0.25) is 5.95 Å². The van der Waals surface area contributed by atoms with Gasteiger partial charge in [-0.2, -0.15) is 0 Å². The molecular formula is C44H26N4. The third kappa shape index (κ3) is 3.38. The van der Waals surface area contributed by atoms with Gasteiger partial charge in [-0.15, -0.1) is 0 Å². The van der Waals surface area contributed by atoms with Crippen molar-refractivity contribution in [2.75, 3.05) is 0 Å². The lowest BCUT2D eigenvalue weighted by Gasteiger charge is -2.12. The molecule has 4 nitrogen and oxygen atoms in total. The molecule has 48 heavy (non-hydrogen) atoms. The fourth-order valence-electron chi connectivity index (χ4n) is 8.03. The molecule has 0 aliphatic carbocycles. The minimum absolute atomic E-state index is 0.670. The fourth-order valence-corrected chi connectivity index (χ4v) is 8.03. The van der Waals surface area contributed by atoms with Crippen molar-refractivity contribution in [3.8, 4) is 28.3 Å². The van der Waals surface area contributed by atoms with E-state index in [1.165, 1.54) is 60.0 Å². The number of para-hydroxylation sites is 4. The molecule has 0 unspecified atom stereocenters. The van der Waals surface area contributed by atoms with Crippen molar-refractivity contribution in [1.29, 1.82) is 0 Å². The third-order valence-corrected chi connectivity index (χ3v) is 10.1. The molecule has 4 heterocycles. The van der Waals surface area contributed by atoms with Crippen LogP contribution in [0.4, 0.5) is 0 Å². The molecule has 0 spiro atoms. The predicted octanol–water partition coefficient (Wildman–Crippen LogP) is 11.2. The van der Waals surface area contributed by atoms with Gasteiger partial charge in [0, 0.05) is 43.3 Å². The molecule has 0 N–H and O–H groups in total. The summed E-state index contributed by atoms with van der Waals surface area (Å²) >= 11 is 0. The van der Waals surface area contributed by atoms with E-state index in [9.17, 15) is 0 Å². The molecule has 4 aromatic heterocycles. The molecule has 0 aliphatic heterocycles. The van der Waals surface area contributed by atoms with E-state index in [0.717, 1.165) is 33.2 Å². The van der Waals surface area contributed by atoms with E-state index in [1.807, 2.05) is 0 Å². The van der Waals surface area contributed by atoms with E-state index in [4.69, 9.17) is 9.97 Å². The minimum Gasteiger partial charge on any atom is -0.308 e. The monoisotopic (exact) mass is 610 g/mol. The highest BCUT2D eigenvalue weighted by molar-refractivity contribution is 6.32. The lowest BCUT2D eigenvalue weighted by Crippen LogP contribution is -2.03. The number of fused-ring (bicyclic) bond motifs is 11. The van der Waals surface area contributed by atoms with Crippen molar-refractivity contribution in [3.63, 3.8) is 0 Å². The molecule has 0 atom stereocenters. The summed E-state index contributed by atoms with van der Waals surface area (Å²) in [5.41, 5.74) is 11.2. The van der Waals surface area contributed by atoms with Crippen LogP contribution in [0.15, 0.2) is 158 Å². The molecule has 4 heteroatoms. The van der Waals surface area contributed by atoms with Crippen LogP contribution in [0.2, 0.25) is 0 Å². The van der Waals surface area contributed by atoms with E-state index >= 15 is 0 Å². The first kappa shape index (κ1) is 25.6. The van der Waals surface area contributed by atoms with Crippen molar-refractivity contribution in [2.45, 2.75) is 0 Å². The van der Waals surface area contributed by atoms with Gasteiger partial charge in [0.25, 0.3) is 0 Å². The molecule has 0 bridgehead atoms. The van der Waals surface area contributed by atoms with Crippen molar-refractivity contribution in [2.24, 2.45) is 0 Å². The molecule has 0 saturated heterocycles. The van der Waals surface area contributed by atoms with E-state index in [-0.39, 0.29) is 0 Å². The number of nitrogens with zero attached hydrogens (tertiary/aromatic N) is 4. The van der Waals surface area contributed by atoms with Gasteiger partial charge >= 0.3 is 0 Å². The van der Waals surface area contributed by atoms with Gasteiger partial charge in [-0.05, 0) is 41.5 Å². The second-order valence-corrected chi connectivity index (χ2v) is 12.6. The Morgan fingerprint density at radius 2 is 0.958 bits per heavy atom. The number of hydrogen-bond acceptors (Lipinski definition) is 2. The summed E-state index contributed by atoms with van der Waals surface area (Å²) in [5.74, 6) is 0.670. The first-order chi connectivity index (χ1) is 23.8. The smallest absolute Gasteiger partial charge is 0.235 e. The summed E-state index contributed by atoms with van der Waals surface area (Å²) in [6, 6.07) is 56.2. The zero-order valence-corrected chi connectivity index (χ0v) is 25.8. The van der Waals surface area contributed by atoms with Crippen molar-refractivity contribution < 1.29 is 0 Å². The highest BCUT2D eigenvalue weighted by Crippen LogP contribution is 2.44. The summed E-state index contributed by atoms with van der Waals surface area (Å²) in [7, 11) is 0. The molecule has 11 rings (SSSR count). The van der Waals surface area contributed by atoms with Gasteiger partial charge in [-0.3, -0.25) is 4.57 Å². The van der Waals surface area contributed by atoms with Gasteiger partial charge in [-0.1, -0.05) is 127 Å². The Morgan fingerprint density at radius 1 is 0.354 bits per heavy atom. The molecule has 11 aromatic rings. The molecule has 222 valence electrons. The third-order valence-electron chi connectivity index (χ3n) is 10.1. The van der Waals surface area contributed by atoms with E-state index in [2.05, 4.69) is 167 Å². The van der Waals surface area contributed by atoms with Crippen LogP contribution in [-0.2, 0) is 0 Å². The molecule has 0 radical (unpaired) electrons. The van der Waals surface area contributed by atoms with Gasteiger partial charge in [0.1, 0.15) is 0 Å². The van der Waals surface area contributed by atoms with E-state index in [0.29, 0.717) is 5.95 Å². The van der Waals surface area contributed by atoms with Gasteiger partial charge in [0.05, 0.1) is 38.8 Å². The maximum atomic E-state index is 5.37. The largest absolute Gasteiger partial charge is 0.308 e. The maximum absolute atomic E-state index is 5.37. The average molecular weight is 611 g/mol. The SMILES string of the molecule is c1ccc(-c2ccc(-c3nc(-n4c5ccccc5c5c6c7cccc8c9ccccc9n(c6ccc54)c87)nc4ccccc34)cc2)cc1. The van der Waals surface area contributed by atoms with Crippen LogP contribution >= 0.6 is 0 Å². The topological polar surface area (TPSA) is 35.1 Å². The van der Waals surface area contributed by atoms with Crippen LogP contribution in [0.5, 0.6) is 0 Å². The van der Waals surface area contributed by atoms with Crippen LogP contribution in [0.25, 0.3) is 99.1 Å². The van der Waals surface area contributed by atoms with Crippen LogP contribution in [0.1, 0.15) is 0 Å². The summed E-state index contributed by atoms with van der Waals surface area (Å²) in [6.45, 7) is 0. The Kier molecular flexibility index (Phi) is 5.08. The Bertz CT molecular complexity index is 3040. The molecule has 7 aromatic carbocycles. The normalized spacial score (nSPS) is 12.2. The van der Waals surface area contributed by atoms with Crippen LogP contribution in [0, 0.1) is 0 Å². The van der Waals surface area contributed by atoms with Gasteiger partial charge in [0.15, 0.2) is 0 Å². The second kappa shape index (κ2) is 9.50. The maximum Gasteiger partial charge on any atom is 0.235 e. The number of aromatic nitrogens is 4. The molecule has 0 saturated carbocycles. The fraction of sp³-hybridized carbons (Fsp3) is 0. The molecule has 0 fully saturated rings. The standard InChI is InChI=1S/C44H26N4/c1-2-11-27(12-3-1)28-21-23-29(24-22-28)42-32-14-4-7-18-35(32)45-44(46-42)48-37-20-9-6-15-33(37)40-39(48)26-25-38-41(40)34-17-10-16-31-30-13-5-8-19-36(30)47(38)43(31)34/h1-26H. The summed E-state index contributed by atoms with van der Waals surface area (Å²) in [6.07, 6.45) is 0. The van der Waals surface area contributed by atoms with Crippen molar-refractivity contribution in [1.82, 2.24) is 18.9 Å². The first-order valence-electron chi connectivity index (χ1n) is 16.4. The van der Waals surface area contributed by atoms with Crippen molar-refractivity contribution in [3.05, 3.63) is 158 Å². The van der Waals surface area contributed by atoms with Gasteiger partial charge < -0.3 is 4.40 Å². The van der Waals surface area contributed by atoms with E-state index < -0.39 is 0 Å². The number of rotatable bonds is 3. The summed E-state index contributed by atoms with van der Waals surface area (Å²) < 4.78 is 4.70. The van der Waals surface area contributed by atoms with Crippen molar-refractivity contribution >= 4 is 70.8 Å². The molecule has 0 aliphatic rings. The lowest BCUT2D eigenvalue weighted by molar-refractivity contribution is 1.01. The minimum atomic E-state index is 0.670. The van der Waals surface area contributed by atoms with Crippen LogP contribution in [0.3, 0.4) is 0 Å². The summed E-state index contributed by atoms with van der Waals surface area (Å²) in [5, 5.41) is 8.58. The van der Waals surface area contributed by atoms with E-state index in [1.54, 1.807) is 0 Å². The number of hydrogen-bond donors (Lipinski definition) is 0. The summed E-state index contributed by atoms with van der Waals surface area (Å²) in [4.78, 5) is 10.6. The Labute approximate surface area is 275 Å². The second-order valence-electron chi connectivity index (χ2n) is 12.6. The van der Waals surface area contributed by atoms with Crippen LogP contribution < -0.4 is 0 Å². The Hall–Kier alpha value is -6.52. The zero-order chi connectivity index (χ0) is 31.3. The highest BCUT2D eigenvalue weighted by Gasteiger charge is 2.23. The number of benzene rings is 7.